The SMILES string of the molecule is O=C(CCCC1CCCCC1)Nc1cc(NC(=O)CCCC2CCCCC2)cc(NC(=O)CCCC2CCCCC2)c1. The minimum atomic E-state index is -0.00785. The summed E-state index contributed by atoms with van der Waals surface area (Å²) < 4.78 is 0. The molecule has 0 unspecified atom stereocenters. The van der Waals surface area contributed by atoms with Crippen LogP contribution in [0.5, 0.6) is 0 Å². The molecule has 3 fully saturated rings. The normalized spacial score (nSPS) is 18.9. The van der Waals surface area contributed by atoms with Gasteiger partial charge in [0.1, 0.15) is 0 Å². The van der Waals surface area contributed by atoms with E-state index in [1.165, 1.54) is 96.3 Å². The van der Waals surface area contributed by atoms with Crippen LogP contribution in [0.25, 0.3) is 0 Å². The highest BCUT2D eigenvalue weighted by Crippen LogP contribution is 2.30. The molecule has 0 atom stereocenters. The van der Waals surface area contributed by atoms with E-state index >= 15 is 0 Å². The molecule has 42 heavy (non-hydrogen) atoms. The second kappa shape index (κ2) is 18.3. The number of anilines is 3. The summed E-state index contributed by atoms with van der Waals surface area (Å²) in [6, 6.07) is 5.45. The highest BCUT2D eigenvalue weighted by molar-refractivity contribution is 5.97. The molecule has 3 N–H and O–H groups in total. The Labute approximate surface area is 254 Å². The summed E-state index contributed by atoms with van der Waals surface area (Å²) in [5, 5.41) is 9.11. The third-order valence-electron chi connectivity index (χ3n) is 10.0. The molecule has 3 amide bonds. The lowest BCUT2D eigenvalue weighted by molar-refractivity contribution is -0.117. The van der Waals surface area contributed by atoms with Crippen molar-refractivity contribution < 1.29 is 14.4 Å². The topological polar surface area (TPSA) is 87.3 Å². The van der Waals surface area contributed by atoms with Crippen molar-refractivity contribution in [2.45, 2.75) is 154 Å². The summed E-state index contributed by atoms with van der Waals surface area (Å²) in [6.45, 7) is 0. The Hall–Kier alpha value is -2.37. The van der Waals surface area contributed by atoms with Gasteiger partial charge < -0.3 is 16.0 Å². The number of benzene rings is 1. The highest BCUT2D eigenvalue weighted by Gasteiger charge is 2.17. The largest absolute Gasteiger partial charge is 0.326 e. The van der Waals surface area contributed by atoms with Gasteiger partial charge in [-0.2, -0.15) is 0 Å². The Bertz CT molecular complexity index is 839. The molecule has 6 nitrogen and oxygen atoms in total. The zero-order chi connectivity index (χ0) is 29.4. The second-order valence-electron chi connectivity index (χ2n) is 13.6. The first-order chi connectivity index (χ1) is 20.5. The van der Waals surface area contributed by atoms with Crippen molar-refractivity contribution in [2.75, 3.05) is 16.0 Å². The minimum absolute atomic E-state index is 0.00785. The van der Waals surface area contributed by atoms with Crippen LogP contribution in [0.2, 0.25) is 0 Å². The standard InChI is InChI=1S/C36H57N3O3/c40-34(22-10-19-28-13-4-1-5-14-28)37-31-25-32(38-35(41)23-11-20-29-15-6-2-7-16-29)27-33(26-31)39-36(42)24-12-21-30-17-8-3-9-18-30/h25-30H,1-24H2,(H,37,40)(H,38,41)(H,39,42). The zero-order valence-electron chi connectivity index (χ0n) is 26.2. The molecule has 0 saturated heterocycles. The van der Waals surface area contributed by atoms with Gasteiger partial charge in [0.2, 0.25) is 17.7 Å². The molecule has 6 heteroatoms. The van der Waals surface area contributed by atoms with Gasteiger partial charge in [-0.15, -0.1) is 0 Å². The van der Waals surface area contributed by atoms with Crippen LogP contribution in [-0.2, 0) is 14.4 Å². The van der Waals surface area contributed by atoms with Crippen LogP contribution >= 0.6 is 0 Å². The van der Waals surface area contributed by atoms with E-state index in [-0.39, 0.29) is 17.7 Å². The maximum absolute atomic E-state index is 12.8. The molecule has 234 valence electrons. The van der Waals surface area contributed by atoms with Gasteiger partial charge in [0.15, 0.2) is 0 Å². The van der Waals surface area contributed by atoms with E-state index < -0.39 is 0 Å². The van der Waals surface area contributed by atoms with Crippen LogP contribution < -0.4 is 16.0 Å². The maximum Gasteiger partial charge on any atom is 0.224 e. The minimum Gasteiger partial charge on any atom is -0.326 e. The summed E-state index contributed by atoms with van der Waals surface area (Å²) in [5.41, 5.74) is 1.86. The summed E-state index contributed by atoms with van der Waals surface area (Å²) in [5.74, 6) is 2.28. The molecular formula is C36H57N3O3. The average molecular weight is 580 g/mol. The molecule has 3 aliphatic rings. The monoisotopic (exact) mass is 579 g/mol. The first kappa shape index (κ1) is 32.5. The number of carbonyl (C=O) groups is 3. The van der Waals surface area contributed by atoms with Gasteiger partial charge in [-0.3, -0.25) is 14.4 Å². The van der Waals surface area contributed by atoms with Gasteiger partial charge in [-0.25, -0.2) is 0 Å². The Kier molecular flexibility index (Phi) is 14.2. The molecule has 0 radical (unpaired) electrons. The predicted molar refractivity (Wildman–Crippen MR) is 174 cm³/mol. The number of amides is 3. The third kappa shape index (κ3) is 12.5. The molecule has 0 spiro atoms. The smallest absolute Gasteiger partial charge is 0.224 e. The molecule has 0 bridgehead atoms. The van der Waals surface area contributed by atoms with Crippen molar-refractivity contribution in [2.24, 2.45) is 17.8 Å². The second-order valence-corrected chi connectivity index (χ2v) is 13.6. The molecule has 4 rings (SSSR count). The highest BCUT2D eigenvalue weighted by atomic mass is 16.2. The molecule has 1 aromatic rings. The van der Waals surface area contributed by atoms with Gasteiger partial charge in [-0.1, -0.05) is 96.3 Å². The number of carbonyl (C=O) groups excluding carboxylic acids is 3. The van der Waals surface area contributed by atoms with Gasteiger partial charge in [0.05, 0.1) is 0 Å². The Morgan fingerprint density at radius 1 is 0.452 bits per heavy atom. The van der Waals surface area contributed by atoms with Crippen LogP contribution in [0.4, 0.5) is 17.1 Å². The van der Waals surface area contributed by atoms with Gasteiger partial charge in [0.25, 0.3) is 0 Å². The summed E-state index contributed by atoms with van der Waals surface area (Å²) in [4.78, 5) is 38.5. The molecular weight excluding hydrogens is 522 g/mol. The molecule has 0 heterocycles. The van der Waals surface area contributed by atoms with Crippen LogP contribution in [0.15, 0.2) is 18.2 Å². The van der Waals surface area contributed by atoms with E-state index in [1.807, 2.05) is 18.2 Å². The molecule has 0 aliphatic heterocycles. The van der Waals surface area contributed by atoms with E-state index in [4.69, 9.17) is 0 Å². The number of hydrogen-bond donors (Lipinski definition) is 3. The third-order valence-corrected chi connectivity index (χ3v) is 10.0. The van der Waals surface area contributed by atoms with Crippen LogP contribution in [0.3, 0.4) is 0 Å². The van der Waals surface area contributed by atoms with Crippen molar-refractivity contribution in [3.63, 3.8) is 0 Å². The first-order valence-corrected chi connectivity index (χ1v) is 17.6. The summed E-state index contributed by atoms with van der Waals surface area (Å²) in [7, 11) is 0. The Morgan fingerprint density at radius 3 is 0.976 bits per heavy atom. The summed E-state index contributed by atoms with van der Waals surface area (Å²) in [6.07, 6.45) is 27.3. The van der Waals surface area contributed by atoms with E-state index in [0.717, 1.165) is 56.3 Å². The molecule has 3 saturated carbocycles. The van der Waals surface area contributed by atoms with Crippen LogP contribution in [0.1, 0.15) is 154 Å². The number of hydrogen-bond acceptors (Lipinski definition) is 3. The van der Waals surface area contributed by atoms with Crippen molar-refractivity contribution in [1.29, 1.82) is 0 Å². The lowest BCUT2D eigenvalue weighted by Gasteiger charge is -2.21. The fraction of sp³-hybridized carbons (Fsp3) is 0.750. The van der Waals surface area contributed by atoms with Crippen molar-refractivity contribution in [3.8, 4) is 0 Å². The lowest BCUT2D eigenvalue weighted by atomic mass is 9.86. The Balaban J connectivity index is 1.29. The maximum atomic E-state index is 12.8. The Morgan fingerprint density at radius 2 is 0.714 bits per heavy atom. The molecule has 0 aromatic heterocycles. The van der Waals surface area contributed by atoms with E-state index in [2.05, 4.69) is 16.0 Å². The number of nitrogens with one attached hydrogen (secondary N) is 3. The van der Waals surface area contributed by atoms with Crippen LogP contribution in [-0.4, -0.2) is 17.7 Å². The van der Waals surface area contributed by atoms with Gasteiger partial charge in [-0.05, 0) is 74.5 Å². The molecule has 3 aliphatic carbocycles. The fourth-order valence-electron chi connectivity index (χ4n) is 7.60. The van der Waals surface area contributed by atoms with E-state index in [1.54, 1.807) is 0 Å². The van der Waals surface area contributed by atoms with E-state index in [9.17, 15) is 14.4 Å². The zero-order valence-corrected chi connectivity index (χ0v) is 26.2. The van der Waals surface area contributed by atoms with Gasteiger partial charge >= 0.3 is 0 Å². The molecule has 1 aromatic carbocycles. The fourth-order valence-corrected chi connectivity index (χ4v) is 7.60. The van der Waals surface area contributed by atoms with Crippen molar-refractivity contribution >= 4 is 34.8 Å². The van der Waals surface area contributed by atoms with Crippen molar-refractivity contribution in [1.82, 2.24) is 0 Å². The summed E-state index contributed by atoms with van der Waals surface area (Å²) >= 11 is 0. The predicted octanol–water partition coefficient (Wildman–Crippen LogP) is 9.75. The number of rotatable bonds is 15. The van der Waals surface area contributed by atoms with E-state index in [0.29, 0.717) is 36.3 Å². The van der Waals surface area contributed by atoms with Crippen molar-refractivity contribution in [3.05, 3.63) is 18.2 Å². The first-order valence-electron chi connectivity index (χ1n) is 17.6. The lowest BCUT2D eigenvalue weighted by Crippen LogP contribution is -2.16. The average Bonchev–Trinajstić information content (AvgIpc) is 2.98. The van der Waals surface area contributed by atoms with Crippen LogP contribution in [0, 0.1) is 17.8 Å². The quantitative estimate of drug-likeness (QED) is 0.193. The van der Waals surface area contributed by atoms with Gasteiger partial charge in [0, 0.05) is 36.3 Å².